The molecule has 2 heterocycles. The molecule has 0 aliphatic carbocycles. The second-order valence-electron chi connectivity index (χ2n) is 5.27. The summed E-state index contributed by atoms with van der Waals surface area (Å²) in [6.07, 6.45) is 0. The molecule has 1 aromatic carbocycles. The van der Waals surface area contributed by atoms with E-state index in [9.17, 15) is 9.59 Å². The molecule has 0 atom stereocenters. The first-order chi connectivity index (χ1) is 9.99. The minimum Gasteiger partial charge on any atom is -0.347 e. The third kappa shape index (κ3) is 2.08. The fraction of sp³-hybridized carbons (Fsp3) is 0.267. The fourth-order valence-corrected chi connectivity index (χ4v) is 2.36. The van der Waals surface area contributed by atoms with E-state index in [0.717, 1.165) is 16.5 Å². The Morgan fingerprint density at radius 1 is 1.29 bits per heavy atom. The Labute approximate surface area is 121 Å². The number of para-hydroxylation sites is 1. The first-order valence-corrected chi connectivity index (χ1v) is 6.67. The van der Waals surface area contributed by atoms with Crippen molar-refractivity contribution < 1.29 is 4.79 Å². The molecule has 0 bridgehead atoms. The third-order valence-electron chi connectivity index (χ3n) is 3.53. The van der Waals surface area contributed by atoms with Crippen LogP contribution in [-0.4, -0.2) is 39.1 Å². The zero-order chi connectivity index (χ0) is 15.1. The highest BCUT2D eigenvalue weighted by molar-refractivity contribution is 5.83. The van der Waals surface area contributed by atoms with Gasteiger partial charge in [0.1, 0.15) is 6.54 Å². The van der Waals surface area contributed by atoms with E-state index in [1.165, 1.54) is 9.58 Å². The van der Waals surface area contributed by atoms with E-state index in [2.05, 4.69) is 5.10 Å². The molecule has 0 saturated heterocycles. The lowest BCUT2D eigenvalue weighted by Crippen LogP contribution is -2.32. The number of fused-ring (bicyclic) bond motifs is 3. The Kier molecular flexibility index (Phi) is 3.01. The van der Waals surface area contributed by atoms with Crippen molar-refractivity contribution in [2.45, 2.75) is 13.5 Å². The quantitative estimate of drug-likeness (QED) is 0.706. The molecular formula is C15H16N4O2. The summed E-state index contributed by atoms with van der Waals surface area (Å²) < 4.78 is 2.78. The molecule has 0 radical (unpaired) electrons. The van der Waals surface area contributed by atoms with E-state index < -0.39 is 0 Å². The average molecular weight is 284 g/mol. The van der Waals surface area contributed by atoms with Crippen molar-refractivity contribution in [3.8, 4) is 0 Å². The summed E-state index contributed by atoms with van der Waals surface area (Å²) in [5.41, 5.74) is 2.00. The summed E-state index contributed by atoms with van der Waals surface area (Å²) in [4.78, 5) is 25.8. The SMILES string of the molecule is Cc1cc2ccccc2n2c(=O)n(CC(=O)N(C)C)nc12. The van der Waals surface area contributed by atoms with Crippen LogP contribution in [0.5, 0.6) is 0 Å². The van der Waals surface area contributed by atoms with Crippen molar-refractivity contribution >= 4 is 22.5 Å². The maximum absolute atomic E-state index is 12.5. The molecule has 0 N–H and O–H groups in total. The summed E-state index contributed by atoms with van der Waals surface area (Å²) in [6, 6.07) is 9.64. The zero-order valence-corrected chi connectivity index (χ0v) is 12.2. The normalized spacial score (nSPS) is 11.2. The van der Waals surface area contributed by atoms with Gasteiger partial charge in [-0.05, 0) is 30.0 Å². The molecule has 0 unspecified atom stereocenters. The van der Waals surface area contributed by atoms with Gasteiger partial charge in [0.25, 0.3) is 0 Å². The monoisotopic (exact) mass is 284 g/mol. The number of benzene rings is 1. The standard InChI is InChI=1S/C15H16N4O2/c1-10-8-11-6-4-5-7-12(11)19-14(10)16-18(15(19)21)9-13(20)17(2)3/h4-8H,9H2,1-3H3. The van der Waals surface area contributed by atoms with Crippen LogP contribution in [0.15, 0.2) is 35.1 Å². The van der Waals surface area contributed by atoms with E-state index in [1.54, 1.807) is 18.5 Å². The second-order valence-corrected chi connectivity index (χ2v) is 5.27. The maximum Gasteiger partial charge on any atom is 0.351 e. The second kappa shape index (κ2) is 4.73. The predicted octanol–water partition coefficient (Wildman–Crippen LogP) is 1.05. The molecule has 0 spiro atoms. The fourth-order valence-electron chi connectivity index (χ4n) is 2.36. The first kappa shape index (κ1) is 13.4. The van der Waals surface area contributed by atoms with Gasteiger partial charge in [0.15, 0.2) is 5.65 Å². The van der Waals surface area contributed by atoms with Gasteiger partial charge in [0.05, 0.1) is 5.52 Å². The summed E-state index contributed by atoms with van der Waals surface area (Å²) in [7, 11) is 3.31. The van der Waals surface area contributed by atoms with Gasteiger partial charge in [-0.1, -0.05) is 18.2 Å². The molecular weight excluding hydrogens is 268 g/mol. The van der Waals surface area contributed by atoms with E-state index >= 15 is 0 Å². The van der Waals surface area contributed by atoms with Crippen LogP contribution in [0, 0.1) is 6.92 Å². The zero-order valence-electron chi connectivity index (χ0n) is 12.2. The molecule has 3 rings (SSSR count). The molecule has 6 nitrogen and oxygen atoms in total. The van der Waals surface area contributed by atoms with Gasteiger partial charge in [-0.15, -0.1) is 5.10 Å². The van der Waals surface area contributed by atoms with E-state index in [-0.39, 0.29) is 18.1 Å². The molecule has 0 aliphatic rings. The number of likely N-dealkylation sites (N-methyl/N-ethyl adjacent to an activating group) is 1. The van der Waals surface area contributed by atoms with Crippen LogP contribution in [0.2, 0.25) is 0 Å². The van der Waals surface area contributed by atoms with E-state index in [4.69, 9.17) is 0 Å². The number of hydrogen-bond acceptors (Lipinski definition) is 3. The van der Waals surface area contributed by atoms with Crippen molar-refractivity contribution in [2.24, 2.45) is 0 Å². The third-order valence-corrected chi connectivity index (χ3v) is 3.53. The van der Waals surface area contributed by atoms with Gasteiger partial charge in [-0.2, -0.15) is 0 Å². The van der Waals surface area contributed by atoms with Gasteiger partial charge in [-0.25, -0.2) is 13.9 Å². The average Bonchev–Trinajstić information content (AvgIpc) is 2.77. The van der Waals surface area contributed by atoms with Crippen LogP contribution in [0.4, 0.5) is 0 Å². The number of carbonyl (C=O) groups excluding carboxylic acids is 1. The molecule has 108 valence electrons. The molecule has 3 aromatic rings. The van der Waals surface area contributed by atoms with Crippen molar-refractivity contribution in [1.29, 1.82) is 0 Å². The smallest absolute Gasteiger partial charge is 0.347 e. The summed E-state index contributed by atoms with van der Waals surface area (Å²) in [5, 5.41) is 5.28. The van der Waals surface area contributed by atoms with Crippen LogP contribution in [0.25, 0.3) is 16.6 Å². The number of aromatic nitrogens is 3. The number of pyridine rings is 1. The van der Waals surface area contributed by atoms with Crippen LogP contribution < -0.4 is 5.69 Å². The lowest BCUT2D eigenvalue weighted by Gasteiger charge is -2.08. The van der Waals surface area contributed by atoms with E-state index in [0.29, 0.717) is 5.65 Å². The number of amides is 1. The largest absolute Gasteiger partial charge is 0.351 e. The molecule has 6 heteroatoms. The van der Waals surface area contributed by atoms with Gasteiger partial charge < -0.3 is 4.90 Å². The Bertz CT molecular complexity index is 905. The number of aryl methyl sites for hydroxylation is 1. The number of rotatable bonds is 2. The molecule has 0 fully saturated rings. The Morgan fingerprint density at radius 3 is 2.71 bits per heavy atom. The van der Waals surface area contributed by atoms with E-state index in [1.807, 2.05) is 37.3 Å². The lowest BCUT2D eigenvalue weighted by atomic mass is 10.1. The maximum atomic E-state index is 12.5. The van der Waals surface area contributed by atoms with Crippen molar-refractivity contribution in [1.82, 2.24) is 19.1 Å². The molecule has 0 saturated carbocycles. The predicted molar refractivity (Wildman–Crippen MR) is 80.4 cm³/mol. The molecule has 2 aromatic heterocycles. The van der Waals surface area contributed by atoms with Crippen molar-refractivity contribution in [2.75, 3.05) is 14.1 Å². The van der Waals surface area contributed by atoms with Gasteiger partial charge >= 0.3 is 5.69 Å². The number of hydrogen-bond donors (Lipinski definition) is 0. The van der Waals surface area contributed by atoms with Gasteiger partial charge in [0, 0.05) is 14.1 Å². The van der Waals surface area contributed by atoms with Gasteiger partial charge in [0.2, 0.25) is 5.91 Å². The summed E-state index contributed by atoms with van der Waals surface area (Å²) >= 11 is 0. The topological polar surface area (TPSA) is 59.6 Å². The molecule has 0 aliphatic heterocycles. The summed E-state index contributed by atoms with van der Waals surface area (Å²) in [6.45, 7) is 1.85. The molecule has 1 amide bonds. The number of carbonyl (C=O) groups is 1. The number of nitrogens with zero attached hydrogens (tertiary/aromatic N) is 4. The lowest BCUT2D eigenvalue weighted by molar-refractivity contribution is -0.129. The minimum absolute atomic E-state index is 0.0543. The van der Waals surface area contributed by atoms with Crippen LogP contribution >= 0.6 is 0 Å². The Morgan fingerprint density at radius 2 is 2.00 bits per heavy atom. The molecule has 21 heavy (non-hydrogen) atoms. The Hall–Kier alpha value is -2.63. The highest BCUT2D eigenvalue weighted by atomic mass is 16.2. The van der Waals surface area contributed by atoms with Crippen molar-refractivity contribution in [3.05, 3.63) is 46.4 Å². The summed E-state index contributed by atoms with van der Waals surface area (Å²) in [5.74, 6) is -0.164. The minimum atomic E-state index is -0.292. The van der Waals surface area contributed by atoms with Crippen LogP contribution in [0.3, 0.4) is 0 Å². The van der Waals surface area contributed by atoms with Crippen molar-refractivity contribution in [3.63, 3.8) is 0 Å². The Balaban J connectivity index is 2.29. The van der Waals surface area contributed by atoms with Gasteiger partial charge in [-0.3, -0.25) is 4.79 Å². The highest BCUT2D eigenvalue weighted by Gasteiger charge is 2.15. The van der Waals surface area contributed by atoms with Crippen LogP contribution in [0.1, 0.15) is 5.56 Å². The highest BCUT2D eigenvalue weighted by Crippen LogP contribution is 2.17. The van der Waals surface area contributed by atoms with Crippen LogP contribution in [-0.2, 0) is 11.3 Å². The first-order valence-electron chi connectivity index (χ1n) is 6.67.